The number of rotatable bonds is 4. The van der Waals surface area contributed by atoms with Crippen molar-refractivity contribution in [1.29, 1.82) is 0 Å². The van der Waals surface area contributed by atoms with Gasteiger partial charge in [0.25, 0.3) is 0 Å². The van der Waals surface area contributed by atoms with E-state index in [1.165, 1.54) is 6.07 Å². The summed E-state index contributed by atoms with van der Waals surface area (Å²) in [5.41, 5.74) is 0.197. The fraction of sp³-hybridized carbons (Fsp3) is 0.364. The number of carbonyl (C=O) groups excluding carboxylic acids is 1. The first-order valence-corrected chi connectivity index (χ1v) is 9.75. The second kappa shape index (κ2) is 5.50. The Morgan fingerprint density at radius 1 is 1.47 bits per heavy atom. The third kappa shape index (κ3) is 4.08. The van der Waals surface area contributed by atoms with Gasteiger partial charge in [0.1, 0.15) is 11.6 Å². The molecule has 0 unspecified atom stereocenters. The second-order valence-electron chi connectivity index (χ2n) is 4.53. The Hall–Kier alpha value is -0.393. The Morgan fingerprint density at radius 2 is 2.06 bits per heavy atom. The van der Waals surface area contributed by atoms with Crippen molar-refractivity contribution in [2.75, 3.05) is 5.88 Å². The van der Waals surface area contributed by atoms with Crippen LogP contribution in [0.3, 0.4) is 0 Å². The normalized spacial score (nSPS) is 11.4. The maximum absolute atomic E-state index is 13.4. The van der Waals surface area contributed by atoms with E-state index in [2.05, 4.69) is 15.9 Å². The van der Waals surface area contributed by atoms with E-state index in [1.807, 2.05) is 19.6 Å². The first kappa shape index (κ1) is 14.7. The molecular weight excluding hydrogens is 327 g/mol. The third-order valence-corrected chi connectivity index (χ3v) is 3.54. The van der Waals surface area contributed by atoms with Crippen LogP contribution in [0.5, 0.6) is 5.75 Å². The highest BCUT2D eigenvalue weighted by Crippen LogP contribution is 2.29. The maximum atomic E-state index is 13.4. The molecule has 0 aliphatic rings. The molecule has 1 rings (SSSR count). The molecule has 0 fully saturated rings. The van der Waals surface area contributed by atoms with Crippen LogP contribution in [-0.4, -0.2) is 20.0 Å². The number of ketones is 1. The number of alkyl halides is 1. The van der Waals surface area contributed by atoms with Gasteiger partial charge in [0.15, 0.2) is 5.78 Å². The van der Waals surface area contributed by atoms with E-state index < -0.39 is 14.1 Å². The topological polar surface area (TPSA) is 26.3 Å². The molecule has 0 aromatic heterocycles. The predicted octanol–water partition coefficient (Wildman–Crippen LogP) is 4.22. The summed E-state index contributed by atoms with van der Waals surface area (Å²) < 4.78 is 19.4. The lowest BCUT2D eigenvalue weighted by Crippen LogP contribution is -2.30. The minimum absolute atomic E-state index is 0.191. The van der Waals surface area contributed by atoms with Crippen molar-refractivity contribution < 1.29 is 13.6 Å². The quantitative estimate of drug-likeness (QED) is 0.466. The number of hydrogen-bond donors (Lipinski definition) is 0. The van der Waals surface area contributed by atoms with Gasteiger partial charge in [0.05, 0.1) is 15.9 Å². The lowest BCUT2D eigenvalue weighted by Gasteiger charge is -2.21. The molecule has 1 aromatic carbocycles. The SMILES string of the molecule is C[Si](C)(C)Oc1cc(Br)c(F)cc1C(=O)CCl. The van der Waals surface area contributed by atoms with Gasteiger partial charge in [-0.05, 0) is 47.7 Å². The van der Waals surface area contributed by atoms with Gasteiger partial charge < -0.3 is 4.43 Å². The molecule has 6 heteroatoms. The largest absolute Gasteiger partial charge is 0.544 e. The zero-order chi connectivity index (χ0) is 13.2. The van der Waals surface area contributed by atoms with Crippen LogP contribution in [0, 0.1) is 5.82 Å². The van der Waals surface area contributed by atoms with Crippen molar-refractivity contribution in [1.82, 2.24) is 0 Å². The Balaban J connectivity index is 3.26. The molecule has 2 nitrogen and oxygen atoms in total. The molecule has 0 spiro atoms. The fourth-order valence-corrected chi connectivity index (χ4v) is 2.53. The molecule has 0 amide bonds. The van der Waals surface area contributed by atoms with Gasteiger partial charge in [-0.15, -0.1) is 11.6 Å². The summed E-state index contributed by atoms with van der Waals surface area (Å²) in [6.45, 7) is 5.96. The van der Waals surface area contributed by atoms with Crippen LogP contribution in [0.1, 0.15) is 10.4 Å². The summed E-state index contributed by atoms with van der Waals surface area (Å²) in [7, 11) is -1.87. The Bertz CT molecular complexity index is 446. The Labute approximate surface area is 114 Å². The average Bonchev–Trinajstić information content (AvgIpc) is 2.20. The lowest BCUT2D eigenvalue weighted by molar-refractivity contribution is 0.101. The molecule has 0 atom stereocenters. The van der Waals surface area contributed by atoms with E-state index in [4.69, 9.17) is 16.0 Å². The van der Waals surface area contributed by atoms with E-state index >= 15 is 0 Å². The third-order valence-electron chi connectivity index (χ3n) is 1.86. The molecule has 0 aliphatic heterocycles. The van der Waals surface area contributed by atoms with E-state index in [9.17, 15) is 9.18 Å². The number of Topliss-reactive ketones (excluding diaryl/α,β-unsaturated/α-hetero) is 1. The van der Waals surface area contributed by atoms with Crippen molar-refractivity contribution in [3.8, 4) is 5.75 Å². The number of benzene rings is 1. The molecule has 17 heavy (non-hydrogen) atoms. The van der Waals surface area contributed by atoms with Crippen molar-refractivity contribution in [3.63, 3.8) is 0 Å². The molecule has 94 valence electrons. The van der Waals surface area contributed by atoms with Crippen LogP contribution < -0.4 is 4.43 Å². The van der Waals surface area contributed by atoms with E-state index in [-0.39, 0.29) is 21.7 Å². The average molecular weight is 340 g/mol. The van der Waals surface area contributed by atoms with Crippen LogP contribution in [0.25, 0.3) is 0 Å². The lowest BCUT2D eigenvalue weighted by atomic mass is 10.1. The first-order chi connectivity index (χ1) is 7.74. The molecular formula is C11H13BrClFO2Si. The monoisotopic (exact) mass is 338 g/mol. The summed E-state index contributed by atoms with van der Waals surface area (Å²) in [6.07, 6.45) is 0. The van der Waals surface area contributed by atoms with Gasteiger partial charge in [0.2, 0.25) is 8.32 Å². The Morgan fingerprint density at radius 3 is 2.53 bits per heavy atom. The zero-order valence-corrected chi connectivity index (χ0v) is 13.2. The summed E-state index contributed by atoms with van der Waals surface area (Å²) in [6, 6.07) is 2.64. The van der Waals surface area contributed by atoms with Crippen LogP contribution in [0.2, 0.25) is 19.6 Å². The zero-order valence-electron chi connectivity index (χ0n) is 9.81. The van der Waals surface area contributed by atoms with Gasteiger partial charge in [0, 0.05) is 0 Å². The van der Waals surface area contributed by atoms with Gasteiger partial charge in [-0.3, -0.25) is 4.79 Å². The van der Waals surface area contributed by atoms with Crippen molar-refractivity contribution in [2.24, 2.45) is 0 Å². The highest BCUT2D eigenvalue weighted by molar-refractivity contribution is 9.10. The van der Waals surface area contributed by atoms with Gasteiger partial charge in [-0.2, -0.15) is 0 Å². The van der Waals surface area contributed by atoms with Crippen molar-refractivity contribution in [3.05, 3.63) is 28.0 Å². The van der Waals surface area contributed by atoms with Crippen LogP contribution in [0.4, 0.5) is 4.39 Å². The standard InChI is InChI=1S/C11H13BrClFO2Si/c1-17(2,3)16-11-5-8(12)9(14)4-7(11)10(15)6-13/h4-5H,6H2,1-3H3. The molecule has 0 N–H and O–H groups in total. The molecule has 1 aromatic rings. The highest BCUT2D eigenvalue weighted by Gasteiger charge is 2.22. The van der Waals surface area contributed by atoms with Crippen molar-refractivity contribution >= 4 is 41.6 Å². The molecule has 0 heterocycles. The molecule has 0 bridgehead atoms. The minimum atomic E-state index is -1.87. The minimum Gasteiger partial charge on any atom is -0.544 e. The van der Waals surface area contributed by atoms with Gasteiger partial charge >= 0.3 is 0 Å². The smallest absolute Gasteiger partial charge is 0.242 e. The van der Waals surface area contributed by atoms with Crippen molar-refractivity contribution in [2.45, 2.75) is 19.6 Å². The summed E-state index contributed by atoms with van der Waals surface area (Å²) >= 11 is 8.57. The first-order valence-electron chi connectivity index (χ1n) is 5.02. The predicted molar refractivity (Wildman–Crippen MR) is 73.1 cm³/mol. The number of carbonyl (C=O) groups is 1. The van der Waals surface area contributed by atoms with E-state index in [1.54, 1.807) is 0 Å². The van der Waals surface area contributed by atoms with Crippen LogP contribution in [-0.2, 0) is 0 Å². The fourth-order valence-electron chi connectivity index (χ4n) is 1.23. The van der Waals surface area contributed by atoms with E-state index in [0.29, 0.717) is 5.75 Å². The van der Waals surface area contributed by atoms with E-state index in [0.717, 1.165) is 6.07 Å². The molecule has 0 aliphatic carbocycles. The number of hydrogen-bond acceptors (Lipinski definition) is 2. The Kier molecular flexibility index (Phi) is 4.74. The maximum Gasteiger partial charge on any atom is 0.242 e. The van der Waals surface area contributed by atoms with Gasteiger partial charge in [-0.1, -0.05) is 0 Å². The summed E-state index contributed by atoms with van der Waals surface area (Å²) in [4.78, 5) is 11.6. The second-order valence-corrected chi connectivity index (χ2v) is 10.1. The van der Waals surface area contributed by atoms with Gasteiger partial charge in [-0.25, -0.2) is 4.39 Å². The summed E-state index contributed by atoms with van der Waals surface area (Å²) in [5.74, 6) is -0.640. The summed E-state index contributed by atoms with van der Waals surface area (Å²) in [5, 5.41) is 0. The molecule has 0 radical (unpaired) electrons. The van der Waals surface area contributed by atoms with Crippen LogP contribution in [0.15, 0.2) is 16.6 Å². The molecule has 0 saturated carbocycles. The van der Waals surface area contributed by atoms with Crippen LogP contribution >= 0.6 is 27.5 Å². The highest BCUT2D eigenvalue weighted by atomic mass is 79.9. The number of halogens is 3. The molecule has 0 saturated heterocycles.